The molecule has 0 atom stereocenters. The fourth-order valence-electron chi connectivity index (χ4n) is 1.60. The molecule has 2 nitrogen and oxygen atoms in total. The highest BCUT2D eigenvalue weighted by Gasteiger charge is 2.16. The first-order valence-corrected chi connectivity index (χ1v) is 5.14. The predicted molar refractivity (Wildman–Crippen MR) is 54.8 cm³/mol. The van der Waals surface area contributed by atoms with Crippen molar-refractivity contribution >= 4 is 21.8 Å². The molecule has 1 N–H and O–H groups in total. The Balaban J connectivity index is 2.55. The van der Waals surface area contributed by atoms with E-state index >= 15 is 0 Å². The van der Waals surface area contributed by atoms with Gasteiger partial charge in [-0.1, -0.05) is 12.1 Å². The van der Waals surface area contributed by atoms with Crippen LogP contribution in [0.3, 0.4) is 0 Å². The molecule has 68 valence electrons. The molecule has 1 aromatic rings. The number of amides is 1. The van der Waals surface area contributed by atoms with Gasteiger partial charge in [0.05, 0.1) is 5.56 Å². The third-order valence-corrected chi connectivity index (χ3v) is 2.90. The third-order valence-electron chi connectivity index (χ3n) is 2.24. The number of rotatable bonds is 0. The summed E-state index contributed by atoms with van der Waals surface area (Å²) in [6, 6.07) is 5.90. The Morgan fingerprint density at radius 3 is 3.08 bits per heavy atom. The van der Waals surface area contributed by atoms with Crippen molar-refractivity contribution in [1.29, 1.82) is 0 Å². The van der Waals surface area contributed by atoms with E-state index in [0.29, 0.717) is 0 Å². The molecule has 0 unspecified atom stereocenters. The van der Waals surface area contributed by atoms with Crippen molar-refractivity contribution in [2.45, 2.75) is 12.8 Å². The van der Waals surface area contributed by atoms with E-state index < -0.39 is 0 Å². The number of fused-ring (bicyclic) bond motifs is 1. The van der Waals surface area contributed by atoms with E-state index in [1.165, 1.54) is 0 Å². The first-order valence-electron chi connectivity index (χ1n) is 4.34. The van der Waals surface area contributed by atoms with Gasteiger partial charge >= 0.3 is 0 Å². The molecule has 1 amide bonds. The van der Waals surface area contributed by atoms with Gasteiger partial charge in [-0.2, -0.15) is 0 Å². The smallest absolute Gasteiger partial charge is 0.252 e. The number of aryl methyl sites for hydroxylation is 1. The second-order valence-corrected chi connectivity index (χ2v) is 3.99. The van der Waals surface area contributed by atoms with E-state index in [4.69, 9.17) is 0 Å². The topological polar surface area (TPSA) is 29.1 Å². The summed E-state index contributed by atoms with van der Waals surface area (Å²) in [6.45, 7) is 0.778. The molecule has 0 saturated carbocycles. The van der Waals surface area contributed by atoms with E-state index in [9.17, 15) is 4.79 Å². The van der Waals surface area contributed by atoms with Gasteiger partial charge in [-0.25, -0.2) is 0 Å². The lowest BCUT2D eigenvalue weighted by Gasteiger charge is -2.05. The summed E-state index contributed by atoms with van der Waals surface area (Å²) < 4.78 is 0.893. The molecule has 1 aliphatic rings. The fraction of sp³-hybridized carbons (Fsp3) is 0.300. The molecule has 0 fully saturated rings. The Kier molecular flexibility index (Phi) is 2.36. The van der Waals surface area contributed by atoms with Crippen LogP contribution in [-0.2, 0) is 6.42 Å². The summed E-state index contributed by atoms with van der Waals surface area (Å²) in [6.07, 6.45) is 2.00. The maximum Gasteiger partial charge on any atom is 0.252 e. The summed E-state index contributed by atoms with van der Waals surface area (Å²) in [5, 5.41) is 2.87. The Hall–Kier alpha value is -0.830. The third kappa shape index (κ3) is 1.61. The number of benzene rings is 1. The molecule has 0 spiro atoms. The molecular weight excluding hydrogens is 230 g/mol. The molecule has 0 bridgehead atoms. The Morgan fingerprint density at radius 2 is 2.23 bits per heavy atom. The molecule has 1 heterocycles. The number of hydrogen-bond acceptors (Lipinski definition) is 1. The van der Waals surface area contributed by atoms with Crippen molar-refractivity contribution in [2.24, 2.45) is 0 Å². The zero-order chi connectivity index (χ0) is 9.26. The molecule has 1 aliphatic heterocycles. The van der Waals surface area contributed by atoms with Crippen molar-refractivity contribution in [2.75, 3.05) is 6.54 Å². The Bertz CT molecular complexity index is 349. The van der Waals surface area contributed by atoms with Gasteiger partial charge in [0.15, 0.2) is 0 Å². The van der Waals surface area contributed by atoms with Crippen LogP contribution in [-0.4, -0.2) is 12.5 Å². The normalized spacial score (nSPS) is 15.9. The van der Waals surface area contributed by atoms with Gasteiger partial charge < -0.3 is 5.32 Å². The minimum Gasteiger partial charge on any atom is -0.352 e. The number of halogens is 1. The van der Waals surface area contributed by atoms with Gasteiger partial charge in [-0.3, -0.25) is 4.79 Å². The van der Waals surface area contributed by atoms with Gasteiger partial charge in [-0.05, 0) is 40.4 Å². The van der Waals surface area contributed by atoms with Crippen LogP contribution in [0, 0.1) is 0 Å². The number of hydrogen-bond donors (Lipinski definition) is 1. The summed E-state index contributed by atoms with van der Waals surface area (Å²) >= 11 is 3.40. The van der Waals surface area contributed by atoms with Crippen LogP contribution >= 0.6 is 15.9 Å². The van der Waals surface area contributed by atoms with Crippen molar-refractivity contribution < 1.29 is 4.79 Å². The Morgan fingerprint density at radius 1 is 1.38 bits per heavy atom. The quantitative estimate of drug-likeness (QED) is 0.739. The van der Waals surface area contributed by atoms with Gasteiger partial charge in [0.25, 0.3) is 5.91 Å². The highest BCUT2D eigenvalue weighted by atomic mass is 79.9. The van der Waals surface area contributed by atoms with Crippen LogP contribution in [0.4, 0.5) is 0 Å². The lowest BCUT2D eigenvalue weighted by atomic mass is 10.0. The average Bonchev–Trinajstić information content (AvgIpc) is 2.29. The van der Waals surface area contributed by atoms with Gasteiger partial charge in [0.1, 0.15) is 0 Å². The van der Waals surface area contributed by atoms with Crippen LogP contribution in [0.15, 0.2) is 22.7 Å². The molecule has 0 aliphatic carbocycles. The number of carbonyl (C=O) groups is 1. The molecular formula is C10H10BrNO. The highest BCUT2D eigenvalue weighted by Crippen LogP contribution is 2.23. The van der Waals surface area contributed by atoms with Crippen LogP contribution in [0.25, 0.3) is 0 Å². The van der Waals surface area contributed by atoms with Gasteiger partial charge in [0.2, 0.25) is 0 Å². The molecule has 3 heteroatoms. The van der Waals surface area contributed by atoms with Crippen LogP contribution < -0.4 is 5.32 Å². The molecule has 0 aromatic heterocycles. The molecule has 0 radical (unpaired) electrons. The van der Waals surface area contributed by atoms with Crippen LogP contribution in [0.5, 0.6) is 0 Å². The predicted octanol–water partition coefficient (Wildman–Crippen LogP) is 2.13. The van der Waals surface area contributed by atoms with Crippen molar-refractivity contribution in [3.63, 3.8) is 0 Å². The van der Waals surface area contributed by atoms with Gasteiger partial charge in [-0.15, -0.1) is 0 Å². The number of carbonyl (C=O) groups excluding carboxylic acids is 1. The SMILES string of the molecule is O=C1NCCCc2cccc(Br)c21. The largest absolute Gasteiger partial charge is 0.352 e. The minimum atomic E-state index is 0.0416. The lowest BCUT2D eigenvalue weighted by Crippen LogP contribution is -2.22. The molecule has 2 rings (SSSR count). The minimum absolute atomic E-state index is 0.0416. The standard InChI is InChI=1S/C10H10BrNO/c11-8-5-1-3-7-4-2-6-12-10(13)9(7)8/h1,3,5H,2,4,6H2,(H,12,13). The second kappa shape index (κ2) is 3.50. The monoisotopic (exact) mass is 239 g/mol. The van der Waals surface area contributed by atoms with E-state index in [1.54, 1.807) is 0 Å². The van der Waals surface area contributed by atoms with E-state index in [2.05, 4.69) is 21.2 Å². The van der Waals surface area contributed by atoms with Crippen LogP contribution in [0.2, 0.25) is 0 Å². The average molecular weight is 240 g/mol. The Labute approximate surface area is 85.5 Å². The highest BCUT2D eigenvalue weighted by molar-refractivity contribution is 9.10. The van der Waals surface area contributed by atoms with E-state index in [-0.39, 0.29) is 5.91 Å². The summed E-state index contributed by atoms with van der Waals surface area (Å²) in [4.78, 5) is 11.6. The summed E-state index contributed by atoms with van der Waals surface area (Å²) in [5.41, 5.74) is 1.95. The van der Waals surface area contributed by atoms with Crippen molar-refractivity contribution in [3.05, 3.63) is 33.8 Å². The van der Waals surface area contributed by atoms with Crippen LogP contribution in [0.1, 0.15) is 22.3 Å². The van der Waals surface area contributed by atoms with Crippen molar-refractivity contribution in [1.82, 2.24) is 5.32 Å². The first kappa shape index (κ1) is 8.75. The first-order chi connectivity index (χ1) is 6.29. The lowest BCUT2D eigenvalue weighted by molar-refractivity contribution is 0.0955. The maximum atomic E-state index is 11.6. The zero-order valence-corrected chi connectivity index (χ0v) is 8.73. The zero-order valence-electron chi connectivity index (χ0n) is 7.14. The fourth-order valence-corrected chi connectivity index (χ4v) is 2.19. The number of nitrogens with one attached hydrogen (secondary N) is 1. The molecule has 1 aromatic carbocycles. The molecule has 13 heavy (non-hydrogen) atoms. The maximum absolute atomic E-state index is 11.6. The molecule has 0 saturated heterocycles. The van der Waals surface area contributed by atoms with E-state index in [0.717, 1.165) is 35.0 Å². The summed E-state index contributed by atoms with van der Waals surface area (Å²) in [5.74, 6) is 0.0416. The van der Waals surface area contributed by atoms with Gasteiger partial charge in [0, 0.05) is 11.0 Å². The second-order valence-electron chi connectivity index (χ2n) is 3.13. The van der Waals surface area contributed by atoms with Crippen molar-refractivity contribution in [3.8, 4) is 0 Å². The summed E-state index contributed by atoms with van der Waals surface area (Å²) in [7, 11) is 0. The van der Waals surface area contributed by atoms with E-state index in [1.807, 2.05) is 18.2 Å².